The van der Waals surface area contributed by atoms with Gasteiger partial charge in [0.25, 0.3) is 0 Å². The fourth-order valence-corrected chi connectivity index (χ4v) is 5.77. The van der Waals surface area contributed by atoms with Crippen LogP contribution >= 0.6 is 0 Å². The molecular weight excluding hydrogens is 506 g/mol. The minimum absolute atomic E-state index is 0.0496. The largest absolute Gasteiger partial charge is 0.355 e. The van der Waals surface area contributed by atoms with Gasteiger partial charge in [-0.3, -0.25) is 14.6 Å². The van der Waals surface area contributed by atoms with Crippen molar-refractivity contribution < 1.29 is 4.79 Å². The summed E-state index contributed by atoms with van der Waals surface area (Å²) in [6.45, 7) is 6.01. The molecule has 6 aliphatic rings. The molecule has 0 spiro atoms. The van der Waals surface area contributed by atoms with E-state index in [1.165, 1.54) is 5.56 Å². The second-order valence-electron chi connectivity index (χ2n) is 10.6. The minimum atomic E-state index is -0.0938. The Kier molecular flexibility index (Phi) is 7.71. The number of hydrogen-bond donors (Lipinski definition) is 3. The molecule has 206 valence electrons. The van der Waals surface area contributed by atoms with Crippen LogP contribution in [-0.2, 0) is 11.3 Å². The monoisotopic (exact) mass is 540 g/mol. The van der Waals surface area contributed by atoms with Crippen molar-refractivity contribution in [3.8, 4) is 11.1 Å². The van der Waals surface area contributed by atoms with Crippen LogP contribution in [0.4, 0.5) is 17.5 Å². The van der Waals surface area contributed by atoms with Gasteiger partial charge in [0.15, 0.2) is 6.04 Å². The van der Waals surface area contributed by atoms with Gasteiger partial charge in [0.2, 0.25) is 16.8 Å². The predicted octanol–water partition coefficient (Wildman–Crippen LogP) is 2.42. The van der Waals surface area contributed by atoms with Gasteiger partial charge in [-0.2, -0.15) is 0 Å². The fourth-order valence-electron chi connectivity index (χ4n) is 5.77. The Hall–Kier alpha value is -4.25. The summed E-state index contributed by atoms with van der Waals surface area (Å²) >= 11 is 0. The lowest BCUT2D eigenvalue weighted by atomic mass is 10.1. The molecule has 0 aliphatic carbocycles. The highest BCUT2D eigenvalue weighted by molar-refractivity contribution is 5.78. The second-order valence-corrected chi connectivity index (χ2v) is 10.6. The fraction of sp³-hybridized carbons (Fsp3) is 0.429. The van der Waals surface area contributed by atoms with Crippen molar-refractivity contribution in [3.63, 3.8) is 0 Å². The number of amides is 1. The zero-order chi connectivity index (χ0) is 27.3. The first kappa shape index (κ1) is 26.0. The first-order valence-corrected chi connectivity index (χ1v) is 13.8. The Morgan fingerprint density at radius 2 is 1.77 bits per heavy atom. The van der Waals surface area contributed by atoms with Crippen LogP contribution in [0.3, 0.4) is 0 Å². The molecule has 2 aromatic heterocycles. The van der Waals surface area contributed by atoms with Crippen LogP contribution in [0.1, 0.15) is 18.4 Å². The molecule has 6 aliphatic heterocycles. The zero-order valence-corrected chi connectivity index (χ0v) is 22.4. The Labute approximate surface area is 233 Å². The molecule has 0 radical (unpaired) electrons. The number of aromatic nitrogens is 3. The third-order valence-electron chi connectivity index (χ3n) is 7.84. The maximum atomic E-state index is 12.7. The maximum absolute atomic E-state index is 12.7. The summed E-state index contributed by atoms with van der Waals surface area (Å²) in [4.78, 5) is 36.7. The molecule has 2 atom stereocenters. The van der Waals surface area contributed by atoms with E-state index in [0.717, 1.165) is 68.2 Å². The van der Waals surface area contributed by atoms with E-state index in [2.05, 4.69) is 58.5 Å². The Morgan fingerprint density at radius 1 is 0.975 bits per heavy atom. The number of nitrogens with zero attached hydrogens (tertiary/aromatic N) is 8. The van der Waals surface area contributed by atoms with Gasteiger partial charge in [-0.25, -0.2) is 15.0 Å². The van der Waals surface area contributed by atoms with E-state index in [1.54, 1.807) is 6.20 Å². The van der Waals surface area contributed by atoms with E-state index in [-0.39, 0.29) is 18.0 Å². The molecule has 2 saturated heterocycles. The number of anilines is 3. The van der Waals surface area contributed by atoms with Gasteiger partial charge in [-0.05, 0) is 48.2 Å². The highest BCUT2D eigenvalue weighted by atomic mass is 16.2. The van der Waals surface area contributed by atoms with E-state index in [0.29, 0.717) is 25.6 Å². The van der Waals surface area contributed by atoms with Crippen molar-refractivity contribution >= 4 is 23.4 Å². The number of rotatable bonds is 1. The van der Waals surface area contributed by atoms with Crippen LogP contribution in [0.2, 0.25) is 0 Å². The Morgan fingerprint density at radius 3 is 2.58 bits per heavy atom. The highest BCUT2D eigenvalue weighted by Gasteiger charge is 2.36. The molecule has 9 rings (SSSR count). The maximum Gasteiger partial charge on any atom is 0.234 e. The summed E-state index contributed by atoms with van der Waals surface area (Å²) in [6.07, 6.45) is 6.93. The zero-order valence-electron chi connectivity index (χ0n) is 22.4. The lowest BCUT2D eigenvalue weighted by Crippen LogP contribution is -2.49. The topological polar surface area (TPSA) is 140 Å². The normalized spacial score (nSPS) is 24.9. The van der Waals surface area contributed by atoms with E-state index in [9.17, 15) is 4.79 Å². The van der Waals surface area contributed by atoms with Crippen LogP contribution in [0.15, 0.2) is 60.1 Å². The third-order valence-corrected chi connectivity index (χ3v) is 7.84. The average Bonchev–Trinajstić information content (AvgIpc) is 3.37. The van der Waals surface area contributed by atoms with Crippen molar-refractivity contribution in [1.29, 1.82) is 5.53 Å². The Bertz CT molecular complexity index is 1380. The van der Waals surface area contributed by atoms with Crippen molar-refractivity contribution in [2.45, 2.75) is 31.5 Å². The van der Waals surface area contributed by atoms with Crippen LogP contribution in [-0.4, -0.2) is 88.6 Å². The smallest absolute Gasteiger partial charge is 0.234 e. The first-order valence-electron chi connectivity index (χ1n) is 13.8. The number of piperazine rings is 1. The predicted molar refractivity (Wildman–Crippen MR) is 151 cm³/mol. The van der Waals surface area contributed by atoms with Crippen LogP contribution < -0.4 is 20.4 Å². The number of carbonyl (C=O) groups excluding carboxylic acids is 1. The van der Waals surface area contributed by atoms with Crippen molar-refractivity contribution in [1.82, 2.24) is 35.0 Å². The van der Waals surface area contributed by atoms with E-state index in [1.807, 2.05) is 30.6 Å². The summed E-state index contributed by atoms with van der Waals surface area (Å²) in [5.41, 5.74) is 11.3. The number of carbonyl (C=O) groups is 1. The molecule has 8 bridgehead atoms. The van der Waals surface area contributed by atoms with Gasteiger partial charge in [0, 0.05) is 75.2 Å². The molecule has 2 fully saturated rings. The molecular formula is C28H34N11O+. The minimum Gasteiger partial charge on any atom is -0.355 e. The quantitative estimate of drug-likeness (QED) is 0.316. The van der Waals surface area contributed by atoms with Gasteiger partial charge in [-0.15, -0.1) is 0 Å². The van der Waals surface area contributed by atoms with E-state index in [4.69, 9.17) is 15.5 Å². The van der Waals surface area contributed by atoms with E-state index < -0.39 is 0 Å². The van der Waals surface area contributed by atoms with Crippen molar-refractivity contribution in [2.24, 2.45) is 5.11 Å². The van der Waals surface area contributed by atoms with Crippen LogP contribution in [0.5, 0.6) is 0 Å². The molecule has 0 saturated carbocycles. The summed E-state index contributed by atoms with van der Waals surface area (Å²) in [5.74, 6) is 1.42. The van der Waals surface area contributed by atoms with Gasteiger partial charge < -0.3 is 15.5 Å². The van der Waals surface area contributed by atoms with Crippen molar-refractivity contribution in [2.75, 3.05) is 56.0 Å². The first-order chi connectivity index (χ1) is 19.6. The van der Waals surface area contributed by atoms with Gasteiger partial charge in [-0.1, -0.05) is 12.1 Å². The molecule has 1 aromatic carbocycles. The number of benzene rings is 1. The summed E-state index contributed by atoms with van der Waals surface area (Å²) in [6, 6.07) is 12.4. The summed E-state index contributed by atoms with van der Waals surface area (Å²) in [5, 5.41) is 10.6. The molecule has 12 heteroatoms. The van der Waals surface area contributed by atoms with Gasteiger partial charge in [0.1, 0.15) is 16.5 Å². The van der Waals surface area contributed by atoms with Crippen molar-refractivity contribution in [3.05, 3.63) is 60.6 Å². The van der Waals surface area contributed by atoms with Gasteiger partial charge in [0.05, 0.1) is 13.1 Å². The second kappa shape index (κ2) is 11.9. The number of hydrogen-bond acceptors (Lipinski definition) is 10. The Balaban J connectivity index is 1.27. The highest BCUT2D eigenvalue weighted by Crippen LogP contribution is 2.28. The molecule has 8 heterocycles. The summed E-state index contributed by atoms with van der Waals surface area (Å²) < 4.78 is 0. The van der Waals surface area contributed by atoms with Gasteiger partial charge >= 0.3 is 0 Å². The summed E-state index contributed by atoms with van der Waals surface area (Å²) in [7, 11) is 0. The lowest BCUT2D eigenvalue weighted by molar-refractivity contribution is -0.122. The lowest BCUT2D eigenvalue weighted by Gasteiger charge is -2.34. The molecule has 2 unspecified atom stereocenters. The molecule has 40 heavy (non-hydrogen) atoms. The average molecular weight is 541 g/mol. The standard InChI is InChI=1S/C28H33N11O/c29-36-35-24-14-25-5-7-31-27(40)19-38-10-8-37(9-11-38)17-20-2-1-3-23(12-20)34-26-13-21(4-6-30-26)22-15-32-28(33-16-22)39(25)18-24/h1-4,6,12-13,15-16,24-25,29H,5,7-11,14,17-19H2,(H-,30,31,34,40)/p+1. The molecule has 3 N–H and O–H groups in total. The molecule has 3 aromatic rings. The van der Waals surface area contributed by atoms with Crippen LogP contribution in [0.25, 0.3) is 11.1 Å². The third kappa shape index (κ3) is 6.15. The molecule has 12 nitrogen and oxygen atoms in total. The van der Waals surface area contributed by atoms with Crippen LogP contribution in [0, 0.1) is 5.53 Å². The van der Waals surface area contributed by atoms with E-state index >= 15 is 0 Å². The number of pyridine rings is 1. The SMILES string of the molecule is N=[N+]=NC1CC2CCNC(=O)CN3CCN(CC3)Cc3cccc(c3)Nc3cc(ccn3)-c3cnc(nc3)N2C1. The number of nitrogens with one attached hydrogen (secondary N) is 3. The molecule has 1 amide bonds.